The lowest BCUT2D eigenvalue weighted by molar-refractivity contribution is -0.130. The molecule has 0 aliphatic carbocycles. The Bertz CT molecular complexity index is 1190. The van der Waals surface area contributed by atoms with E-state index in [1.807, 2.05) is 5.38 Å². The molecule has 1 unspecified atom stereocenters. The Morgan fingerprint density at radius 2 is 1.97 bits per heavy atom. The topological polar surface area (TPSA) is 137 Å². The van der Waals surface area contributed by atoms with E-state index in [-0.39, 0.29) is 33.9 Å². The first-order chi connectivity index (χ1) is 16.2. The van der Waals surface area contributed by atoms with Crippen LogP contribution in [0.3, 0.4) is 0 Å². The molecule has 12 heteroatoms. The smallest absolute Gasteiger partial charge is 0.269 e. The van der Waals surface area contributed by atoms with Crippen LogP contribution in [0, 0.1) is 19.7 Å². The summed E-state index contributed by atoms with van der Waals surface area (Å²) in [5.74, 6) is -0.644. The maximum Gasteiger partial charge on any atom is 0.269 e. The summed E-state index contributed by atoms with van der Waals surface area (Å²) < 4.78 is 51.2. The van der Waals surface area contributed by atoms with Crippen molar-refractivity contribution in [1.82, 2.24) is 10.1 Å². The molecule has 0 bridgehead atoms. The van der Waals surface area contributed by atoms with Gasteiger partial charge in [0.1, 0.15) is 17.6 Å². The van der Waals surface area contributed by atoms with Crippen LogP contribution in [0.25, 0.3) is 0 Å². The van der Waals surface area contributed by atoms with Gasteiger partial charge in [0, 0.05) is 5.38 Å². The van der Waals surface area contributed by atoms with E-state index >= 15 is 0 Å². The predicted molar refractivity (Wildman–Crippen MR) is 125 cm³/mol. The van der Waals surface area contributed by atoms with E-state index in [2.05, 4.69) is 14.9 Å². The summed E-state index contributed by atoms with van der Waals surface area (Å²) in [5, 5.41) is 5.76. The first-order valence-electron chi connectivity index (χ1n) is 10.7. The number of thiazole rings is 1. The van der Waals surface area contributed by atoms with Crippen molar-refractivity contribution in [1.29, 1.82) is 0 Å². The normalized spacial score (nSPS) is 12.6. The lowest BCUT2D eigenvalue weighted by Crippen LogP contribution is -2.31. The standard InChI is InChI=1S/C22H27FN4O5S2/c1-14-20(15(2)32-26-14)34(29,30)27-22-25-18(13-33-22)6-4-3-5-7-19(21(24)28)31-12-16-8-10-17(23)11-9-16/h8-11,13,19H,3-7,12H2,1-2H3,(H2,24,28)(H,25,27). The number of halogens is 1. The number of hydrogen-bond donors (Lipinski definition) is 2. The maximum atomic E-state index is 13.0. The Morgan fingerprint density at radius 1 is 1.24 bits per heavy atom. The first kappa shape index (κ1) is 25.8. The minimum absolute atomic E-state index is 0.0231. The third kappa shape index (κ3) is 7.08. The minimum Gasteiger partial charge on any atom is -0.367 e. The van der Waals surface area contributed by atoms with Gasteiger partial charge in [0.2, 0.25) is 5.91 Å². The van der Waals surface area contributed by atoms with Gasteiger partial charge in [-0.3, -0.25) is 9.52 Å². The number of sulfonamides is 1. The lowest BCUT2D eigenvalue weighted by atomic mass is 10.1. The number of carbonyl (C=O) groups is 1. The zero-order valence-electron chi connectivity index (χ0n) is 18.9. The molecular formula is C22H27FN4O5S2. The number of rotatable bonds is 13. The summed E-state index contributed by atoms with van der Waals surface area (Å²) in [6.07, 6.45) is 2.80. The fraction of sp³-hybridized carbons (Fsp3) is 0.409. The van der Waals surface area contributed by atoms with Crippen molar-refractivity contribution >= 4 is 32.4 Å². The van der Waals surface area contributed by atoms with E-state index in [1.165, 1.54) is 23.5 Å². The molecule has 0 spiro atoms. The quantitative estimate of drug-likeness (QED) is 0.333. The van der Waals surface area contributed by atoms with Crippen molar-refractivity contribution in [3.63, 3.8) is 0 Å². The summed E-state index contributed by atoms with van der Waals surface area (Å²) in [7, 11) is -3.83. The molecule has 3 aromatic rings. The highest BCUT2D eigenvalue weighted by molar-refractivity contribution is 7.93. The zero-order chi connectivity index (χ0) is 24.7. The van der Waals surface area contributed by atoms with Crippen molar-refractivity contribution in [2.75, 3.05) is 4.72 Å². The van der Waals surface area contributed by atoms with Gasteiger partial charge in [-0.05, 0) is 50.8 Å². The Labute approximate surface area is 201 Å². The molecule has 2 heterocycles. The highest BCUT2D eigenvalue weighted by Crippen LogP contribution is 2.25. The van der Waals surface area contributed by atoms with Gasteiger partial charge in [-0.1, -0.05) is 30.1 Å². The molecule has 0 aliphatic heterocycles. The summed E-state index contributed by atoms with van der Waals surface area (Å²) in [4.78, 5) is 16.0. The molecule has 2 aromatic heterocycles. The monoisotopic (exact) mass is 510 g/mol. The number of aromatic nitrogens is 2. The van der Waals surface area contributed by atoms with E-state index in [9.17, 15) is 17.6 Å². The summed E-state index contributed by atoms with van der Waals surface area (Å²) >= 11 is 1.21. The minimum atomic E-state index is -3.83. The molecule has 34 heavy (non-hydrogen) atoms. The fourth-order valence-electron chi connectivity index (χ4n) is 3.39. The highest BCUT2D eigenvalue weighted by atomic mass is 32.2. The van der Waals surface area contributed by atoms with Gasteiger partial charge in [-0.15, -0.1) is 11.3 Å². The average Bonchev–Trinajstić information content (AvgIpc) is 3.36. The van der Waals surface area contributed by atoms with Crippen LogP contribution in [0.5, 0.6) is 0 Å². The number of benzene rings is 1. The van der Waals surface area contributed by atoms with Gasteiger partial charge in [0.25, 0.3) is 10.0 Å². The van der Waals surface area contributed by atoms with Gasteiger partial charge in [0.15, 0.2) is 15.8 Å². The van der Waals surface area contributed by atoms with Crippen LogP contribution in [0.2, 0.25) is 0 Å². The van der Waals surface area contributed by atoms with Crippen molar-refractivity contribution in [3.05, 3.63) is 58.2 Å². The molecule has 0 aliphatic rings. The number of ether oxygens (including phenoxy) is 1. The third-order valence-corrected chi connectivity index (χ3v) is 7.61. The van der Waals surface area contributed by atoms with E-state index in [4.69, 9.17) is 15.0 Å². The van der Waals surface area contributed by atoms with Gasteiger partial charge < -0.3 is 15.0 Å². The molecule has 0 saturated carbocycles. The fourth-order valence-corrected chi connectivity index (χ4v) is 5.72. The first-order valence-corrected chi connectivity index (χ1v) is 13.1. The van der Waals surface area contributed by atoms with E-state index in [0.29, 0.717) is 12.8 Å². The van der Waals surface area contributed by atoms with Gasteiger partial charge in [-0.25, -0.2) is 17.8 Å². The van der Waals surface area contributed by atoms with E-state index in [1.54, 1.807) is 26.0 Å². The number of aryl methyl sites for hydroxylation is 3. The molecule has 9 nitrogen and oxygen atoms in total. The highest BCUT2D eigenvalue weighted by Gasteiger charge is 2.25. The molecule has 1 aromatic carbocycles. The number of nitrogens with two attached hydrogens (primary N) is 1. The Kier molecular flexibility index (Phi) is 8.75. The second-order valence-electron chi connectivity index (χ2n) is 7.83. The van der Waals surface area contributed by atoms with Crippen LogP contribution >= 0.6 is 11.3 Å². The molecule has 1 amide bonds. The second-order valence-corrected chi connectivity index (χ2v) is 10.3. The molecule has 0 saturated heterocycles. The van der Waals surface area contributed by atoms with Crippen LogP contribution < -0.4 is 10.5 Å². The van der Waals surface area contributed by atoms with Crippen molar-refractivity contribution < 1.29 is 26.9 Å². The summed E-state index contributed by atoms with van der Waals surface area (Å²) in [5.41, 5.74) is 7.27. The van der Waals surface area contributed by atoms with Crippen LogP contribution in [-0.2, 0) is 32.6 Å². The molecule has 0 fully saturated rings. The zero-order valence-corrected chi connectivity index (χ0v) is 20.5. The van der Waals surface area contributed by atoms with Crippen molar-refractivity contribution in [2.45, 2.75) is 63.6 Å². The van der Waals surface area contributed by atoms with Crippen LogP contribution in [0.15, 0.2) is 39.1 Å². The Hall–Kier alpha value is -2.83. The van der Waals surface area contributed by atoms with Crippen LogP contribution in [0.1, 0.15) is 48.4 Å². The molecule has 0 radical (unpaired) electrons. The van der Waals surface area contributed by atoms with Gasteiger partial charge in [0.05, 0.1) is 12.3 Å². The Morgan fingerprint density at radius 3 is 2.62 bits per heavy atom. The number of amides is 1. The molecule has 3 N–H and O–H groups in total. The summed E-state index contributed by atoms with van der Waals surface area (Å²) in [6.45, 7) is 3.28. The number of unbranched alkanes of at least 4 members (excludes halogenated alkanes) is 2. The predicted octanol–water partition coefficient (Wildman–Crippen LogP) is 3.86. The average molecular weight is 511 g/mol. The lowest BCUT2D eigenvalue weighted by Gasteiger charge is -2.14. The van der Waals surface area contributed by atoms with Crippen molar-refractivity contribution in [3.8, 4) is 0 Å². The number of nitrogens with one attached hydrogen (secondary N) is 1. The van der Waals surface area contributed by atoms with Gasteiger partial charge >= 0.3 is 0 Å². The molecule has 3 rings (SSSR count). The number of nitrogens with zero attached hydrogens (tertiary/aromatic N) is 2. The van der Waals surface area contributed by atoms with Crippen molar-refractivity contribution in [2.24, 2.45) is 5.73 Å². The number of primary amides is 1. The third-order valence-electron chi connectivity index (χ3n) is 5.09. The maximum absolute atomic E-state index is 13.0. The van der Waals surface area contributed by atoms with Crippen LogP contribution in [-0.4, -0.2) is 30.6 Å². The number of carbonyl (C=O) groups excluding carboxylic acids is 1. The SMILES string of the molecule is Cc1noc(C)c1S(=O)(=O)Nc1nc(CCCCCC(OCc2ccc(F)cc2)C(N)=O)cs1. The van der Waals surface area contributed by atoms with E-state index < -0.39 is 22.0 Å². The number of anilines is 1. The molecule has 184 valence electrons. The number of hydrogen-bond acceptors (Lipinski definition) is 8. The molecule has 1 atom stereocenters. The van der Waals surface area contributed by atoms with E-state index in [0.717, 1.165) is 30.5 Å². The largest absolute Gasteiger partial charge is 0.367 e. The Balaban J connectivity index is 1.41. The summed E-state index contributed by atoms with van der Waals surface area (Å²) in [6, 6.07) is 5.88. The van der Waals surface area contributed by atoms with Gasteiger partial charge in [-0.2, -0.15) is 0 Å². The second kappa shape index (κ2) is 11.5. The molecular weight excluding hydrogens is 483 g/mol. The van der Waals surface area contributed by atoms with Crippen LogP contribution in [0.4, 0.5) is 9.52 Å².